The minimum Gasteiger partial charge on any atom is -0.341 e. The van der Waals surface area contributed by atoms with E-state index in [1.807, 2.05) is 29.2 Å². The van der Waals surface area contributed by atoms with Crippen molar-refractivity contribution >= 4 is 39.4 Å². The molecule has 2 aromatic rings. The molecule has 0 unspecified atom stereocenters. The summed E-state index contributed by atoms with van der Waals surface area (Å²) in [7, 11) is 0. The quantitative estimate of drug-likeness (QED) is 0.780. The lowest BCUT2D eigenvalue weighted by Crippen LogP contribution is -2.48. The molecule has 0 radical (unpaired) electrons. The van der Waals surface area contributed by atoms with Crippen molar-refractivity contribution in [3.63, 3.8) is 0 Å². The van der Waals surface area contributed by atoms with Gasteiger partial charge in [0.05, 0.1) is 10.2 Å². The topological polar surface area (TPSA) is 53.5 Å². The van der Waals surface area contributed by atoms with Gasteiger partial charge in [-0.3, -0.25) is 9.59 Å². The van der Waals surface area contributed by atoms with Crippen LogP contribution in [0.2, 0.25) is 0 Å². The first-order valence-corrected chi connectivity index (χ1v) is 10.2. The Morgan fingerprint density at radius 3 is 2.69 bits per heavy atom. The minimum absolute atomic E-state index is 0.0860. The van der Waals surface area contributed by atoms with Gasteiger partial charge in [-0.05, 0) is 50.3 Å². The van der Waals surface area contributed by atoms with E-state index in [9.17, 15) is 9.59 Å². The first kappa shape index (κ1) is 17.2. The zero-order valence-corrected chi connectivity index (χ0v) is 15.6. The Morgan fingerprint density at radius 2 is 1.88 bits per heavy atom. The van der Waals surface area contributed by atoms with Crippen molar-refractivity contribution in [3.8, 4) is 0 Å². The number of nitrogens with zero attached hydrogens (tertiary/aromatic N) is 3. The number of carbonyl (C=O) groups is 2. The summed E-state index contributed by atoms with van der Waals surface area (Å²) in [6.45, 7) is 2.32. The number of fused-ring (bicyclic) bond motifs is 1. The third-order valence-electron chi connectivity index (χ3n) is 5.17. The van der Waals surface area contributed by atoms with Gasteiger partial charge in [0.15, 0.2) is 0 Å². The van der Waals surface area contributed by atoms with Crippen LogP contribution in [0.4, 0.5) is 0 Å². The normalized spacial score (nSPS) is 21.0. The number of likely N-dealkylation sites (tertiary alicyclic amines) is 2. The van der Waals surface area contributed by atoms with Crippen molar-refractivity contribution in [1.29, 1.82) is 0 Å². The van der Waals surface area contributed by atoms with Gasteiger partial charge in [-0.15, -0.1) is 11.3 Å². The zero-order valence-electron chi connectivity index (χ0n) is 14.8. The van der Waals surface area contributed by atoms with Gasteiger partial charge in [-0.1, -0.05) is 12.1 Å². The monoisotopic (exact) mass is 369 g/mol. The lowest BCUT2D eigenvalue weighted by molar-refractivity contribution is -0.142. The Morgan fingerprint density at radius 1 is 1.08 bits per heavy atom. The van der Waals surface area contributed by atoms with Crippen LogP contribution in [0.1, 0.15) is 37.1 Å². The summed E-state index contributed by atoms with van der Waals surface area (Å²) in [5, 5.41) is 0.817. The van der Waals surface area contributed by atoms with Gasteiger partial charge in [-0.2, -0.15) is 0 Å². The van der Waals surface area contributed by atoms with Crippen LogP contribution in [0.15, 0.2) is 30.3 Å². The first-order valence-electron chi connectivity index (χ1n) is 9.35. The second kappa shape index (κ2) is 7.58. The lowest BCUT2D eigenvalue weighted by Gasteiger charge is -2.32. The zero-order chi connectivity index (χ0) is 17.9. The lowest BCUT2D eigenvalue weighted by atomic mass is 10.1. The Labute approximate surface area is 157 Å². The SMILES string of the molecule is O=C([C@@H]1CCCN1C(=O)C=Cc1nc2ccccc2s1)N1CCCCC1. The van der Waals surface area contributed by atoms with E-state index in [0.717, 1.165) is 54.0 Å². The molecular formula is C20H23N3O2S. The summed E-state index contributed by atoms with van der Waals surface area (Å²) in [6, 6.07) is 7.65. The highest BCUT2D eigenvalue weighted by molar-refractivity contribution is 7.19. The highest BCUT2D eigenvalue weighted by Crippen LogP contribution is 2.24. The van der Waals surface area contributed by atoms with Crippen LogP contribution in [-0.4, -0.2) is 52.3 Å². The Balaban J connectivity index is 1.45. The molecule has 1 aromatic carbocycles. The molecule has 2 amide bonds. The summed E-state index contributed by atoms with van der Waals surface area (Å²) < 4.78 is 1.11. The summed E-state index contributed by atoms with van der Waals surface area (Å²) in [6.07, 6.45) is 8.35. The molecule has 2 saturated heterocycles. The fourth-order valence-corrected chi connectivity index (χ4v) is 4.68. The molecule has 2 aliphatic rings. The molecule has 4 rings (SSSR count). The molecule has 0 N–H and O–H groups in total. The standard InChI is InChI=1S/C20H23N3O2S/c24-19(11-10-18-21-15-7-2-3-9-17(15)26-18)23-14-6-8-16(23)20(25)22-12-4-1-5-13-22/h2-3,7,9-11,16H,1,4-6,8,12-14H2/t16-/m0/s1. The molecular weight excluding hydrogens is 346 g/mol. The first-order chi connectivity index (χ1) is 12.7. The largest absolute Gasteiger partial charge is 0.341 e. The summed E-state index contributed by atoms with van der Waals surface area (Å²) >= 11 is 1.57. The van der Waals surface area contributed by atoms with Gasteiger partial charge >= 0.3 is 0 Å². The van der Waals surface area contributed by atoms with Gasteiger partial charge in [0.25, 0.3) is 0 Å². The van der Waals surface area contributed by atoms with Crippen LogP contribution < -0.4 is 0 Å². The molecule has 136 valence electrons. The Kier molecular flexibility index (Phi) is 5.02. The summed E-state index contributed by atoms with van der Waals surface area (Å²) in [4.78, 5) is 33.7. The second-order valence-corrected chi connectivity index (χ2v) is 7.99. The molecule has 5 nitrogen and oxygen atoms in total. The average Bonchev–Trinajstić information content (AvgIpc) is 3.33. The highest BCUT2D eigenvalue weighted by Gasteiger charge is 2.35. The van der Waals surface area contributed by atoms with Gasteiger partial charge in [-0.25, -0.2) is 4.98 Å². The highest BCUT2D eigenvalue weighted by atomic mass is 32.1. The number of carbonyl (C=O) groups excluding carboxylic acids is 2. The van der Waals surface area contributed by atoms with Crippen molar-refractivity contribution in [2.45, 2.75) is 38.1 Å². The Hall–Kier alpha value is -2.21. The van der Waals surface area contributed by atoms with Crippen LogP contribution in [0, 0.1) is 0 Å². The second-order valence-electron chi connectivity index (χ2n) is 6.93. The Bertz CT molecular complexity index is 805. The van der Waals surface area contributed by atoms with Crippen LogP contribution in [0.5, 0.6) is 0 Å². The van der Waals surface area contributed by atoms with E-state index in [1.165, 1.54) is 6.42 Å². The van der Waals surface area contributed by atoms with E-state index in [-0.39, 0.29) is 17.9 Å². The molecule has 3 heterocycles. The maximum atomic E-state index is 12.8. The van der Waals surface area contributed by atoms with Gasteiger partial charge in [0.2, 0.25) is 11.8 Å². The fraction of sp³-hybridized carbons (Fsp3) is 0.450. The van der Waals surface area contributed by atoms with Crippen molar-refractivity contribution in [2.75, 3.05) is 19.6 Å². The van der Waals surface area contributed by atoms with Crippen LogP contribution in [0.25, 0.3) is 16.3 Å². The van der Waals surface area contributed by atoms with E-state index >= 15 is 0 Å². The van der Waals surface area contributed by atoms with Crippen molar-refractivity contribution in [1.82, 2.24) is 14.8 Å². The number of hydrogen-bond donors (Lipinski definition) is 0. The van der Waals surface area contributed by atoms with Crippen molar-refractivity contribution in [3.05, 3.63) is 35.3 Å². The van der Waals surface area contributed by atoms with E-state index < -0.39 is 0 Å². The number of piperidine rings is 1. The van der Waals surface area contributed by atoms with E-state index in [1.54, 1.807) is 28.4 Å². The van der Waals surface area contributed by atoms with Crippen LogP contribution >= 0.6 is 11.3 Å². The number of benzene rings is 1. The number of hydrogen-bond acceptors (Lipinski definition) is 4. The van der Waals surface area contributed by atoms with E-state index in [0.29, 0.717) is 6.54 Å². The van der Waals surface area contributed by atoms with Gasteiger partial charge in [0, 0.05) is 25.7 Å². The van der Waals surface area contributed by atoms with Gasteiger partial charge < -0.3 is 9.80 Å². The summed E-state index contributed by atoms with van der Waals surface area (Å²) in [5.41, 5.74) is 0.948. The molecule has 0 saturated carbocycles. The number of amides is 2. The molecule has 2 fully saturated rings. The number of thiazole rings is 1. The molecule has 6 heteroatoms. The molecule has 0 aliphatic carbocycles. The van der Waals surface area contributed by atoms with Crippen LogP contribution in [0.3, 0.4) is 0 Å². The average molecular weight is 369 g/mol. The third-order valence-corrected chi connectivity index (χ3v) is 6.17. The third kappa shape index (κ3) is 3.51. The molecule has 1 aromatic heterocycles. The van der Waals surface area contributed by atoms with Gasteiger partial charge in [0.1, 0.15) is 11.0 Å². The molecule has 0 bridgehead atoms. The number of aromatic nitrogens is 1. The molecule has 26 heavy (non-hydrogen) atoms. The predicted octanol–water partition coefficient (Wildman–Crippen LogP) is 3.31. The summed E-state index contributed by atoms with van der Waals surface area (Å²) in [5.74, 6) is 0.0426. The molecule has 0 spiro atoms. The molecule has 2 aliphatic heterocycles. The van der Waals surface area contributed by atoms with Crippen molar-refractivity contribution in [2.24, 2.45) is 0 Å². The predicted molar refractivity (Wildman–Crippen MR) is 104 cm³/mol. The maximum absolute atomic E-state index is 12.8. The smallest absolute Gasteiger partial charge is 0.247 e. The van der Waals surface area contributed by atoms with Crippen LogP contribution in [-0.2, 0) is 9.59 Å². The minimum atomic E-state index is -0.291. The van der Waals surface area contributed by atoms with E-state index in [2.05, 4.69) is 4.98 Å². The molecule has 1 atom stereocenters. The van der Waals surface area contributed by atoms with E-state index in [4.69, 9.17) is 0 Å². The fourth-order valence-electron chi connectivity index (χ4n) is 3.81. The van der Waals surface area contributed by atoms with Crippen molar-refractivity contribution < 1.29 is 9.59 Å². The maximum Gasteiger partial charge on any atom is 0.247 e. The number of rotatable bonds is 3. The number of para-hydroxylation sites is 1.